The highest BCUT2D eigenvalue weighted by atomic mass is 19.4. The first-order valence-electron chi connectivity index (χ1n) is 7.50. The van der Waals surface area contributed by atoms with Crippen LogP contribution in [0.15, 0.2) is 42.5 Å². The summed E-state index contributed by atoms with van der Waals surface area (Å²) in [6, 6.07) is 10.7. The zero-order valence-corrected chi connectivity index (χ0v) is 13.7. The van der Waals surface area contributed by atoms with E-state index in [1.54, 1.807) is 37.3 Å². The lowest BCUT2D eigenvalue weighted by molar-refractivity contribution is -0.139. The van der Waals surface area contributed by atoms with Crippen molar-refractivity contribution in [3.05, 3.63) is 59.2 Å². The van der Waals surface area contributed by atoms with Gasteiger partial charge in [-0.25, -0.2) is 4.79 Å². The molecule has 0 fully saturated rings. The lowest BCUT2D eigenvalue weighted by Gasteiger charge is -2.19. The second-order valence-corrected chi connectivity index (χ2v) is 5.05. The molecule has 0 spiro atoms. The van der Waals surface area contributed by atoms with Gasteiger partial charge >= 0.3 is 12.1 Å². The van der Waals surface area contributed by atoms with Crippen LogP contribution < -0.4 is 9.47 Å². The second kappa shape index (κ2) is 7.92. The van der Waals surface area contributed by atoms with Crippen LogP contribution in [0.2, 0.25) is 0 Å². The molecule has 25 heavy (non-hydrogen) atoms. The number of halogens is 3. The van der Waals surface area contributed by atoms with Crippen LogP contribution in [0.5, 0.6) is 11.5 Å². The summed E-state index contributed by atoms with van der Waals surface area (Å²) in [4.78, 5) is 11.7. The molecule has 0 atom stereocenters. The van der Waals surface area contributed by atoms with Gasteiger partial charge in [0.25, 0.3) is 0 Å². The molecule has 0 heterocycles. The molecule has 4 nitrogen and oxygen atoms in total. The average molecular weight is 354 g/mol. The van der Waals surface area contributed by atoms with Gasteiger partial charge in [0.05, 0.1) is 19.3 Å². The summed E-state index contributed by atoms with van der Waals surface area (Å²) < 4.78 is 55.5. The predicted octanol–water partition coefficient (Wildman–Crippen LogP) is 4.47. The quantitative estimate of drug-likeness (QED) is 0.718. The molecule has 0 saturated carbocycles. The zero-order valence-electron chi connectivity index (χ0n) is 13.7. The molecule has 2 aromatic carbocycles. The molecule has 2 aromatic rings. The van der Waals surface area contributed by atoms with Gasteiger partial charge in [0, 0.05) is 0 Å². The van der Waals surface area contributed by atoms with E-state index in [1.807, 2.05) is 0 Å². The minimum Gasteiger partial charge on any atom is -0.490 e. The minimum absolute atomic E-state index is 0.0679. The Balaban J connectivity index is 2.48. The monoisotopic (exact) mass is 354 g/mol. The van der Waals surface area contributed by atoms with E-state index in [9.17, 15) is 18.0 Å². The van der Waals surface area contributed by atoms with E-state index in [2.05, 4.69) is 4.74 Å². The van der Waals surface area contributed by atoms with Crippen LogP contribution in [0.1, 0.15) is 28.4 Å². The Kier molecular flexibility index (Phi) is 5.90. The first-order valence-corrected chi connectivity index (χ1v) is 7.50. The number of hydrogen-bond donors (Lipinski definition) is 0. The standard InChI is InChI=1S/C18H17F3O4/c1-3-24-15-10-13(17(22)23-2)9-14(18(19,20)21)16(15)25-11-12-7-5-4-6-8-12/h4-10H,3,11H2,1-2H3. The number of alkyl halides is 3. The largest absolute Gasteiger partial charge is 0.490 e. The number of carbonyl (C=O) groups is 1. The molecule has 0 aromatic heterocycles. The molecule has 0 N–H and O–H groups in total. The van der Waals surface area contributed by atoms with Gasteiger partial charge in [-0.2, -0.15) is 13.2 Å². The number of ether oxygens (including phenoxy) is 3. The molecular weight excluding hydrogens is 337 g/mol. The van der Waals surface area contributed by atoms with Gasteiger partial charge in [-0.1, -0.05) is 30.3 Å². The Hall–Kier alpha value is -2.70. The number of methoxy groups -OCH3 is 1. The fourth-order valence-electron chi connectivity index (χ4n) is 2.19. The fraction of sp³-hybridized carbons (Fsp3) is 0.278. The summed E-state index contributed by atoms with van der Waals surface area (Å²) in [6.45, 7) is 1.67. The normalized spacial score (nSPS) is 11.1. The number of esters is 1. The summed E-state index contributed by atoms with van der Waals surface area (Å²) in [5.74, 6) is -1.50. The molecule has 0 radical (unpaired) electrons. The van der Waals surface area contributed by atoms with Crippen LogP contribution >= 0.6 is 0 Å². The van der Waals surface area contributed by atoms with Gasteiger partial charge in [0.2, 0.25) is 0 Å². The van der Waals surface area contributed by atoms with Crippen LogP contribution in [0, 0.1) is 0 Å². The first kappa shape index (κ1) is 18.6. The highest BCUT2D eigenvalue weighted by Crippen LogP contribution is 2.43. The van der Waals surface area contributed by atoms with Crippen molar-refractivity contribution < 1.29 is 32.2 Å². The fourth-order valence-corrected chi connectivity index (χ4v) is 2.19. The van der Waals surface area contributed by atoms with Crippen molar-refractivity contribution in [1.82, 2.24) is 0 Å². The number of carbonyl (C=O) groups excluding carboxylic acids is 1. The van der Waals surface area contributed by atoms with Crippen LogP contribution in [0.25, 0.3) is 0 Å². The minimum atomic E-state index is -4.72. The third-order valence-electron chi connectivity index (χ3n) is 3.31. The number of benzene rings is 2. The van der Waals surface area contributed by atoms with E-state index in [-0.39, 0.29) is 24.5 Å². The van der Waals surface area contributed by atoms with Gasteiger partial charge in [-0.3, -0.25) is 0 Å². The van der Waals surface area contributed by atoms with E-state index < -0.39 is 23.5 Å². The Morgan fingerprint density at radius 3 is 2.32 bits per heavy atom. The van der Waals surface area contributed by atoms with Crippen molar-refractivity contribution in [2.75, 3.05) is 13.7 Å². The molecule has 0 aliphatic rings. The zero-order chi connectivity index (χ0) is 18.4. The Morgan fingerprint density at radius 1 is 1.08 bits per heavy atom. The van der Waals surface area contributed by atoms with Gasteiger partial charge < -0.3 is 14.2 Å². The molecule has 0 aliphatic carbocycles. The summed E-state index contributed by atoms with van der Waals surface area (Å²) in [5, 5.41) is 0. The van der Waals surface area contributed by atoms with Crippen molar-refractivity contribution in [2.24, 2.45) is 0 Å². The molecule has 0 amide bonds. The van der Waals surface area contributed by atoms with E-state index in [0.29, 0.717) is 11.6 Å². The summed E-state index contributed by atoms with van der Waals surface area (Å²) in [6.07, 6.45) is -4.72. The van der Waals surface area contributed by atoms with E-state index >= 15 is 0 Å². The second-order valence-electron chi connectivity index (χ2n) is 5.05. The van der Waals surface area contributed by atoms with Crippen LogP contribution in [-0.2, 0) is 17.5 Å². The molecule has 0 aliphatic heterocycles. The number of hydrogen-bond acceptors (Lipinski definition) is 4. The maximum atomic E-state index is 13.5. The predicted molar refractivity (Wildman–Crippen MR) is 84.7 cm³/mol. The van der Waals surface area contributed by atoms with Crippen molar-refractivity contribution in [3.63, 3.8) is 0 Å². The third kappa shape index (κ3) is 4.65. The van der Waals surface area contributed by atoms with Gasteiger partial charge in [0.1, 0.15) is 12.2 Å². The maximum absolute atomic E-state index is 13.5. The SMILES string of the molecule is CCOc1cc(C(=O)OC)cc(C(F)(F)F)c1OCc1ccccc1. The Morgan fingerprint density at radius 2 is 1.76 bits per heavy atom. The highest BCUT2D eigenvalue weighted by Gasteiger charge is 2.37. The van der Waals surface area contributed by atoms with Gasteiger partial charge in [-0.05, 0) is 24.6 Å². The molecule has 0 unspecified atom stereocenters. The first-order chi connectivity index (χ1) is 11.9. The Labute approximate surface area is 143 Å². The van der Waals surface area contributed by atoms with Crippen molar-refractivity contribution in [3.8, 4) is 11.5 Å². The average Bonchev–Trinajstić information content (AvgIpc) is 2.59. The third-order valence-corrected chi connectivity index (χ3v) is 3.31. The van der Waals surface area contributed by atoms with Crippen LogP contribution in [-0.4, -0.2) is 19.7 Å². The van der Waals surface area contributed by atoms with E-state index in [0.717, 1.165) is 7.11 Å². The summed E-state index contributed by atoms with van der Waals surface area (Å²) in [7, 11) is 1.09. The van der Waals surface area contributed by atoms with E-state index in [1.165, 1.54) is 6.07 Å². The lowest BCUT2D eigenvalue weighted by atomic mass is 10.1. The molecule has 134 valence electrons. The van der Waals surface area contributed by atoms with Crippen LogP contribution in [0.3, 0.4) is 0 Å². The van der Waals surface area contributed by atoms with E-state index in [4.69, 9.17) is 9.47 Å². The van der Waals surface area contributed by atoms with Gasteiger partial charge in [-0.15, -0.1) is 0 Å². The van der Waals surface area contributed by atoms with Crippen LogP contribution in [0.4, 0.5) is 13.2 Å². The number of rotatable bonds is 6. The smallest absolute Gasteiger partial charge is 0.420 e. The van der Waals surface area contributed by atoms with Crippen molar-refractivity contribution >= 4 is 5.97 Å². The topological polar surface area (TPSA) is 44.8 Å². The molecular formula is C18H17F3O4. The maximum Gasteiger partial charge on any atom is 0.420 e. The highest BCUT2D eigenvalue weighted by molar-refractivity contribution is 5.90. The molecule has 0 saturated heterocycles. The summed E-state index contributed by atoms with van der Waals surface area (Å²) >= 11 is 0. The summed E-state index contributed by atoms with van der Waals surface area (Å²) in [5.41, 5.74) is -0.643. The lowest BCUT2D eigenvalue weighted by Crippen LogP contribution is -2.13. The van der Waals surface area contributed by atoms with Crippen molar-refractivity contribution in [2.45, 2.75) is 19.7 Å². The van der Waals surface area contributed by atoms with Crippen molar-refractivity contribution in [1.29, 1.82) is 0 Å². The molecule has 2 rings (SSSR count). The Bertz CT molecular complexity index is 727. The van der Waals surface area contributed by atoms with Gasteiger partial charge in [0.15, 0.2) is 11.5 Å². The molecule has 7 heteroatoms. The molecule has 0 bridgehead atoms.